The molecule has 0 aliphatic carbocycles. The Hall–Kier alpha value is -1.85. The molecule has 106 valence electrons. The number of hydrogen-bond donors (Lipinski definition) is 1. The molecule has 2 rings (SSSR count). The van der Waals surface area contributed by atoms with Crippen LogP contribution in [0.3, 0.4) is 0 Å². The van der Waals surface area contributed by atoms with Crippen LogP contribution in [0.4, 0.5) is 8.78 Å². The van der Waals surface area contributed by atoms with E-state index >= 15 is 0 Å². The lowest BCUT2D eigenvalue weighted by Gasteiger charge is -2.27. The summed E-state index contributed by atoms with van der Waals surface area (Å²) in [7, 11) is 1.82. The fourth-order valence-electron chi connectivity index (χ4n) is 2.18. The van der Waals surface area contributed by atoms with Crippen LogP contribution in [0.15, 0.2) is 42.6 Å². The van der Waals surface area contributed by atoms with Gasteiger partial charge in [0.15, 0.2) is 11.6 Å². The summed E-state index contributed by atoms with van der Waals surface area (Å²) >= 11 is 0. The molecule has 2 N–H and O–H groups in total. The van der Waals surface area contributed by atoms with Crippen LogP contribution in [-0.4, -0.2) is 23.5 Å². The quantitative estimate of drug-likeness (QED) is 0.913. The summed E-state index contributed by atoms with van der Waals surface area (Å²) in [5.41, 5.74) is 6.85. The third kappa shape index (κ3) is 3.18. The Bertz CT molecular complexity index is 560. The van der Waals surface area contributed by atoms with E-state index in [1.165, 1.54) is 6.07 Å². The highest BCUT2D eigenvalue weighted by molar-refractivity contribution is 5.23. The summed E-state index contributed by atoms with van der Waals surface area (Å²) in [5.74, 6) is -1.69. The van der Waals surface area contributed by atoms with Crippen LogP contribution in [0.25, 0.3) is 0 Å². The molecule has 0 saturated heterocycles. The van der Waals surface area contributed by atoms with Crippen molar-refractivity contribution in [1.82, 2.24) is 9.88 Å². The van der Waals surface area contributed by atoms with Crippen LogP contribution in [0.5, 0.6) is 0 Å². The van der Waals surface area contributed by atoms with Gasteiger partial charge in [0.1, 0.15) is 0 Å². The van der Waals surface area contributed by atoms with E-state index in [0.29, 0.717) is 6.54 Å². The van der Waals surface area contributed by atoms with E-state index in [9.17, 15) is 8.78 Å². The lowest BCUT2D eigenvalue weighted by atomic mass is 10.0. The van der Waals surface area contributed by atoms with E-state index in [1.54, 1.807) is 12.3 Å². The third-order valence-electron chi connectivity index (χ3n) is 3.23. The number of rotatable bonds is 5. The molecule has 0 aliphatic rings. The highest BCUT2D eigenvalue weighted by atomic mass is 19.2. The molecule has 0 radical (unpaired) electrons. The van der Waals surface area contributed by atoms with Gasteiger partial charge in [0.05, 0.1) is 11.7 Å². The molecule has 20 heavy (non-hydrogen) atoms. The molecule has 0 amide bonds. The molecule has 5 heteroatoms. The Morgan fingerprint density at radius 1 is 1.20 bits per heavy atom. The first-order valence-electron chi connectivity index (χ1n) is 6.37. The van der Waals surface area contributed by atoms with Gasteiger partial charge in [0, 0.05) is 24.8 Å². The topological polar surface area (TPSA) is 42.2 Å². The summed E-state index contributed by atoms with van der Waals surface area (Å²) < 4.78 is 27.2. The lowest BCUT2D eigenvalue weighted by molar-refractivity contribution is 0.232. The van der Waals surface area contributed by atoms with E-state index < -0.39 is 17.7 Å². The number of pyridine rings is 1. The second-order valence-electron chi connectivity index (χ2n) is 4.63. The van der Waals surface area contributed by atoms with Crippen molar-refractivity contribution in [3.63, 3.8) is 0 Å². The fourth-order valence-corrected chi connectivity index (χ4v) is 2.18. The van der Waals surface area contributed by atoms with Gasteiger partial charge in [-0.3, -0.25) is 9.88 Å². The SMILES string of the molecule is CN(Cc1ccccn1)C(CN)c1cccc(F)c1F. The Labute approximate surface area is 117 Å². The standard InChI is InChI=1S/C15H17F2N3/c1-20(10-11-5-2-3-8-19-11)14(9-18)12-6-4-7-13(16)15(12)17/h2-8,14H,9-10,18H2,1H3. The maximum atomic E-state index is 13.9. The van der Waals surface area contributed by atoms with Crippen molar-refractivity contribution in [1.29, 1.82) is 0 Å². The van der Waals surface area contributed by atoms with Crippen LogP contribution in [0, 0.1) is 11.6 Å². The first-order chi connectivity index (χ1) is 9.63. The molecule has 2 aromatic rings. The molecule has 1 atom stereocenters. The smallest absolute Gasteiger partial charge is 0.163 e. The van der Waals surface area contributed by atoms with Gasteiger partial charge < -0.3 is 5.73 Å². The zero-order chi connectivity index (χ0) is 14.5. The molecule has 0 bridgehead atoms. The second-order valence-corrected chi connectivity index (χ2v) is 4.63. The van der Waals surface area contributed by atoms with Gasteiger partial charge in [0.2, 0.25) is 0 Å². The molecule has 0 aliphatic heterocycles. The molecular weight excluding hydrogens is 260 g/mol. The van der Waals surface area contributed by atoms with Crippen LogP contribution in [0.2, 0.25) is 0 Å². The molecule has 0 saturated carbocycles. The van der Waals surface area contributed by atoms with E-state index in [1.807, 2.05) is 30.1 Å². The number of likely N-dealkylation sites (N-methyl/N-ethyl adjacent to an activating group) is 1. The zero-order valence-corrected chi connectivity index (χ0v) is 11.3. The zero-order valence-electron chi connectivity index (χ0n) is 11.3. The third-order valence-corrected chi connectivity index (χ3v) is 3.23. The van der Waals surface area contributed by atoms with Gasteiger partial charge in [-0.15, -0.1) is 0 Å². The van der Waals surface area contributed by atoms with Crippen LogP contribution in [0.1, 0.15) is 17.3 Å². The van der Waals surface area contributed by atoms with Gasteiger partial charge in [0.25, 0.3) is 0 Å². The van der Waals surface area contributed by atoms with Crippen molar-refractivity contribution >= 4 is 0 Å². The number of benzene rings is 1. The van der Waals surface area contributed by atoms with Crippen molar-refractivity contribution in [3.8, 4) is 0 Å². The number of halogens is 2. The van der Waals surface area contributed by atoms with Gasteiger partial charge in [-0.1, -0.05) is 18.2 Å². The summed E-state index contributed by atoms with van der Waals surface area (Å²) in [6, 6.07) is 9.35. The first kappa shape index (κ1) is 14.6. The van der Waals surface area contributed by atoms with E-state index in [2.05, 4.69) is 4.98 Å². The van der Waals surface area contributed by atoms with Crippen molar-refractivity contribution in [2.24, 2.45) is 5.73 Å². The average molecular weight is 277 g/mol. The molecular formula is C15H17F2N3. The normalized spacial score (nSPS) is 12.7. The van der Waals surface area contributed by atoms with Gasteiger partial charge in [-0.05, 0) is 25.2 Å². The van der Waals surface area contributed by atoms with Crippen molar-refractivity contribution < 1.29 is 8.78 Å². The first-order valence-corrected chi connectivity index (χ1v) is 6.37. The Morgan fingerprint density at radius 2 is 2.00 bits per heavy atom. The van der Waals surface area contributed by atoms with Crippen LogP contribution >= 0.6 is 0 Å². The number of nitrogens with two attached hydrogens (primary N) is 1. The largest absolute Gasteiger partial charge is 0.329 e. The van der Waals surface area contributed by atoms with Crippen molar-refractivity contribution in [2.45, 2.75) is 12.6 Å². The molecule has 1 aromatic heterocycles. The molecule has 0 spiro atoms. The summed E-state index contributed by atoms with van der Waals surface area (Å²) in [6.07, 6.45) is 1.70. The predicted molar refractivity (Wildman–Crippen MR) is 73.9 cm³/mol. The van der Waals surface area contributed by atoms with Crippen LogP contribution in [-0.2, 0) is 6.54 Å². The maximum Gasteiger partial charge on any atom is 0.163 e. The predicted octanol–water partition coefficient (Wildman–Crippen LogP) is 2.49. The van der Waals surface area contributed by atoms with Crippen molar-refractivity contribution in [2.75, 3.05) is 13.6 Å². The number of aromatic nitrogens is 1. The van der Waals surface area contributed by atoms with Crippen molar-refractivity contribution in [3.05, 3.63) is 65.5 Å². The van der Waals surface area contributed by atoms with E-state index in [4.69, 9.17) is 5.73 Å². The van der Waals surface area contributed by atoms with Gasteiger partial charge >= 0.3 is 0 Å². The summed E-state index contributed by atoms with van der Waals surface area (Å²) in [6.45, 7) is 0.711. The van der Waals surface area contributed by atoms with Crippen LogP contribution < -0.4 is 5.73 Å². The second kappa shape index (κ2) is 6.54. The highest BCUT2D eigenvalue weighted by Gasteiger charge is 2.21. The van der Waals surface area contributed by atoms with E-state index in [-0.39, 0.29) is 12.1 Å². The van der Waals surface area contributed by atoms with Gasteiger partial charge in [-0.25, -0.2) is 8.78 Å². The monoisotopic (exact) mass is 277 g/mol. The molecule has 0 fully saturated rings. The Balaban J connectivity index is 2.21. The number of hydrogen-bond acceptors (Lipinski definition) is 3. The maximum absolute atomic E-state index is 13.9. The molecule has 1 unspecified atom stereocenters. The minimum atomic E-state index is -0.854. The molecule has 1 aromatic carbocycles. The highest BCUT2D eigenvalue weighted by Crippen LogP contribution is 2.24. The molecule has 3 nitrogen and oxygen atoms in total. The average Bonchev–Trinajstić information content (AvgIpc) is 2.45. The summed E-state index contributed by atoms with van der Waals surface area (Å²) in [5, 5.41) is 0. The van der Waals surface area contributed by atoms with E-state index in [0.717, 1.165) is 11.8 Å². The number of nitrogens with zero attached hydrogens (tertiary/aromatic N) is 2. The minimum Gasteiger partial charge on any atom is -0.329 e. The minimum absolute atomic E-state index is 0.198. The fraction of sp³-hybridized carbons (Fsp3) is 0.267. The Kier molecular flexibility index (Phi) is 4.76. The molecule has 1 heterocycles. The van der Waals surface area contributed by atoms with Gasteiger partial charge in [-0.2, -0.15) is 0 Å². The summed E-state index contributed by atoms with van der Waals surface area (Å²) in [4.78, 5) is 6.08. The Morgan fingerprint density at radius 3 is 2.65 bits per heavy atom. The lowest BCUT2D eigenvalue weighted by Crippen LogP contribution is -2.31.